The van der Waals surface area contributed by atoms with Crippen molar-refractivity contribution in [2.45, 2.75) is 13.0 Å². The second-order valence-electron chi connectivity index (χ2n) is 4.66. The molecule has 1 saturated heterocycles. The molecule has 0 bridgehead atoms. The number of nitrogen functional groups attached to an aromatic ring is 1. The van der Waals surface area contributed by atoms with E-state index in [-0.39, 0.29) is 28.9 Å². The average molecular weight is 285 g/mol. The molecule has 0 aliphatic carbocycles. The van der Waals surface area contributed by atoms with Crippen LogP contribution >= 0.6 is 0 Å². The van der Waals surface area contributed by atoms with Gasteiger partial charge in [0, 0.05) is 24.3 Å². The minimum absolute atomic E-state index is 0.0862. The van der Waals surface area contributed by atoms with E-state index in [4.69, 9.17) is 5.73 Å². The van der Waals surface area contributed by atoms with Crippen LogP contribution in [0.4, 0.5) is 17.1 Å². The lowest BCUT2D eigenvalue weighted by molar-refractivity contribution is -0.383. The number of hydrogen-bond donors (Lipinski definition) is 1. The number of nitro groups is 1. The molecule has 1 aromatic rings. The molecule has 1 aliphatic rings. The summed E-state index contributed by atoms with van der Waals surface area (Å²) >= 11 is 0. The maximum Gasteiger partial charge on any atom is 0.292 e. The Hall–Kier alpha value is -1.83. The zero-order chi connectivity index (χ0) is 14.2. The number of nitro benzene ring substituents is 1. The SMILES string of the molecule is CC1CS(=O)(=O)CCN1c1ccc([N+](=O)[O-])c(N)c1. The lowest BCUT2D eigenvalue weighted by Crippen LogP contribution is -2.47. The summed E-state index contributed by atoms with van der Waals surface area (Å²) in [6, 6.07) is 4.30. The van der Waals surface area contributed by atoms with Crippen molar-refractivity contribution in [2.75, 3.05) is 28.7 Å². The second-order valence-corrected chi connectivity index (χ2v) is 6.89. The van der Waals surface area contributed by atoms with E-state index in [2.05, 4.69) is 0 Å². The molecule has 7 nitrogen and oxygen atoms in total. The molecule has 1 fully saturated rings. The second kappa shape index (κ2) is 4.69. The standard InChI is InChI=1S/C11H15N3O4S/c1-8-7-19(17,18)5-4-13(8)9-2-3-11(14(15)16)10(12)6-9/h2-3,6,8H,4-5,7,12H2,1H3. The number of sulfone groups is 1. The smallest absolute Gasteiger partial charge is 0.292 e. The first-order chi connectivity index (χ1) is 8.80. The van der Waals surface area contributed by atoms with Crippen molar-refractivity contribution >= 4 is 26.9 Å². The summed E-state index contributed by atoms with van der Waals surface area (Å²) in [5.74, 6) is 0.179. The van der Waals surface area contributed by atoms with Crippen molar-refractivity contribution in [3.05, 3.63) is 28.3 Å². The number of hydrogen-bond acceptors (Lipinski definition) is 6. The largest absolute Gasteiger partial charge is 0.393 e. The van der Waals surface area contributed by atoms with E-state index in [9.17, 15) is 18.5 Å². The number of nitrogens with two attached hydrogens (primary N) is 1. The number of rotatable bonds is 2. The molecule has 19 heavy (non-hydrogen) atoms. The summed E-state index contributed by atoms with van der Waals surface area (Å²) in [4.78, 5) is 12.1. The maximum absolute atomic E-state index is 11.5. The minimum Gasteiger partial charge on any atom is -0.393 e. The summed E-state index contributed by atoms with van der Waals surface area (Å²) in [6.07, 6.45) is 0. The molecule has 1 heterocycles. The molecule has 0 amide bonds. The topological polar surface area (TPSA) is 107 Å². The molecule has 104 valence electrons. The van der Waals surface area contributed by atoms with Crippen molar-refractivity contribution < 1.29 is 13.3 Å². The lowest BCUT2D eigenvalue weighted by Gasteiger charge is -2.35. The van der Waals surface area contributed by atoms with Crippen LogP contribution in [-0.4, -0.2) is 37.4 Å². The van der Waals surface area contributed by atoms with E-state index in [0.29, 0.717) is 12.2 Å². The van der Waals surface area contributed by atoms with E-state index in [1.54, 1.807) is 6.07 Å². The van der Waals surface area contributed by atoms with Gasteiger partial charge in [0.1, 0.15) is 5.69 Å². The molecule has 1 atom stereocenters. The molecular formula is C11H15N3O4S. The van der Waals surface area contributed by atoms with Crippen LogP contribution in [0.15, 0.2) is 18.2 Å². The van der Waals surface area contributed by atoms with Gasteiger partial charge in [-0.1, -0.05) is 0 Å². The van der Waals surface area contributed by atoms with E-state index in [1.165, 1.54) is 12.1 Å². The predicted octanol–water partition coefficient (Wildman–Crippen LogP) is 0.800. The number of benzene rings is 1. The highest BCUT2D eigenvalue weighted by Gasteiger charge is 2.28. The molecule has 1 aliphatic heterocycles. The van der Waals surface area contributed by atoms with Gasteiger partial charge in [0.15, 0.2) is 9.84 Å². The third kappa shape index (κ3) is 2.78. The predicted molar refractivity (Wildman–Crippen MR) is 73.0 cm³/mol. The molecule has 0 saturated carbocycles. The van der Waals surface area contributed by atoms with Crippen LogP contribution < -0.4 is 10.6 Å². The van der Waals surface area contributed by atoms with Crippen molar-refractivity contribution in [1.82, 2.24) is 0 Å². The van der Waals surface area contributed by atoms with E-state index < -0.39 is 14.8 Å². The van der Waals surface area contributed by atoms with Gasteiger partial charge in [0.25, 0.3) is 5.69 Å². The highest BCUT2D eigenvalue weighted by molar-refractivity contribution is 7.91. The summed E-state index contributed by atoms with van der Waals surface area (Å²) < 4.78 is 23.0. The minimum atomic E-state index is -2.99. The van der Waals surface area contributed by atoms with E-state index in [1.807, 2.05) is 11.8 Å². The first kappa shape index (κ1) is 13.6. The maximum atomic E-state index is 11.5. The van der Waals surface area contributed by atoms with Crippen LogP contribution in [0.3, 0.4) is 0 Å². The summed E-state index contributed by atoms with van der Waals surface area (Å²) in [5.41, 5.74) is 6.30. The Morgan fingerprint density at radius 2 is 2.16 bits per heavy atom. The Labute approximate surface area is 111 Å². The molecule has 2 rings (SSSR count). The van der Waals surface area contributed by atoms with Gasteiger partial charge in [0.05, 0.1) is 16.4 Å². The monoisotopic (exact) mass is 285 g/mol. The van der Waals surface area contributed by atoms with Gasteiger partial charge in [0.2, 0.25) is 0 Å². The summed E-state index contributed by atoms with van der Waals surface area (Å²) in [7, 11) is -2.99. The third-order valence-electron chi connectivity index (χ3n) is 3.21. The average Bonchev–Trinajstić information content (AvgIpc) is 2.26. The van der Waals surface area contributed by atoms with Crippen LogP contribution in [0.1, 0.15) is 6.92 Å². The van der Waals surface area contributed by atoms with Crippen molar-refractivity contribution in [3.63, 3.8) is 0 Å². The summed E-state index contributed by atoms with van der Waals surface area (Å²) in [6.45, 7) is 2.19. The van der Waals surface area contributed by atoms with E-state index in [0.717, 1.165) is 0 Å². The van der Waals surface area contributed by atoms with Gasteiger partial charge in [-0.05, 0) is 19.1 Å². The fraction of sp³-hybridized carbons (Fsp3) is 0.455. The van der Waals surface area contributed by atoms with Gasteiger partial charge >= 0.3 is 0 Å². The van der Waals surface area contributed by atoms with Crippen molar-refractivity contribution in [3.8, 4) is 0 Å². The van der Waals surface area contributed by atoms with Crippen LogP contribution in [0, 0.1) is 10.1 Å². The third-order valence-corrected chi connectivity index (χ3v) is 5.00. The first-order valence-corrected chi connectivity index (χ1v) is 7.63. The molecule has 1 aromatic carbocycles. The Morgan fingerprint density at radius 1 is 1.47 bits per heavy atom. The van der Waals surface area contributed by atoms with Crippen LogP contribution in [0.5, 0.6) is 0 Å². The molecule has 2 N–H and O–H groups in total. The van der Waals surface area contributed by atoms with Crippen LogP contribution in [0.25, 0.3) is 0 Å². The van der Waals surface area contributed by atoms with E-state index >= 15 is 0 Å². The number of nitrogens with zero attached hydrogens (tertiary/aromatic N) is 2. The zero-order valence-electron chi connectivity index (χ0n) is 10.4. The normalized spacial score (nSPS) is 22.2. The van der Waals surface area contributed by atoms with Crippen molar-refractivity contribution in [1.29, 1.82) is 0 Å². The molecule has 0 spiro atoms. The van der Waals surface area contributed by atoms with Gasteiger partial charge < -0.3 is 10.6 Å². The highest BCUT2D eigenvalue weighted by atomic mass is 32.2. The molecule has 0 radical (unpaired) electrons. The first-order valence-electron chi connectivity index (χ1n) is 5.81. The van der Waals surface area contributed by atoms with Crippen molar-refractivity contribution in [2.24, 2.45) is 0 Å². The fourth-order valence-electron chi connectivity index (χ4n) is 2.27. The quantitative estimate of drug-likeness (QED) is 0.489. The zero-order valence-corrected chi connectivity index (χ0v) is 11.3. The number of anilines is 2. The Balaban J connectivity index is 2.28. The lowest BCUT2D eigenvalue weighted by atomic mass is 10.2. The van der Waals surface area contributed by atoms with Gasteiger partial charge in [-0.3, -0.25) is 10.1 Å². The van der Waals surface area contributed by atoms with Gasteiger partial charge in [-0.2, -0.15) is 0 Å². The fourth-order valence-corrected chi connectivity index (χ4v) is 3.83. The Kier molecular flexibility index (Phi) is 3.36. The molecule has 1 unspecified atom stereocenters. The van der Waals surface area contributed by atoms with Crippen LogP contribution in [0.2, 0.25) is 0 Å². The molecule has 0 aromatic heterocycles. The van der Waals surface area contributed by atoms with Gasteiger partial charge in [-0.25, -0.2) is 8.42 Å². The Morgan fingerprint density at radius 3 is 2.68 bits per heavy atom. The highest BCUT2D eigenvalue weighted by Crippen LogP contribution is 2.29. The molecule has 8 heteroatoms. The van der Waals surface area contributed by atoms with Gasteiger partial charge in [-0.15, -0.1) is 0 Å². The summed E-state index contributed by atoms with van der Waals surface area (Å²) in [5, 5.41) is 10.7. The Bertz CT molecular complexity index is 614. The van der Waals surface area contributed by atoms with Crippen LogP contribution in [-0.2, 0) is 9.84 Å². The molecular weight excluding hydrogens is 270 g/mol.